The second kappa shape index (κ2) is 5.52. The summed E-state index contributed by atoms with van der Waals surface area (Å²) >= 11 is 5.76. The number of hydrogen-bond donors (Lipinski definition) is 1. The zero-order chi connectivity index (χ0) is 13.1. The standard InChI is InChI=1S/C13H18ClNO2/c1-9(12(16)13(2,3)4)17-15-11-7-5-10(14)6-8-11/h5-9,15H,1-4H3. The topological polar surface area (TPSA) is 38.3 Å². The summed E-state index contributed by atoms with van der Waals surface area (Å²) in [6, 6.07) is 7.08. The van der Waals surface area contributed by atoms with E-state index in [1.165, 1.54) is 0 Å². The van der Waals surface area contributed by atoms with Gasteiger partial charge in [-0.2, -0.15) is 0 Å². The van der Waals surface area contributed by atoms with Crippen LogP contribution >= 0.6 is 11.6 Å². The Hall–Kier alpha value is -1.06. The molecule has 1 atom stereocenters. The van der Waals surface area contributed by atoms with Gasteiger partial charge in [-0.25, -0.2) is 0 Å². The van der Waals surface area contributed by atoms with Gasteiger partial charge in [0, 0.05) is 10.4 Å². The molecule has 17 heavy (non-hydrogen) atoms. The van der Waals surface area contributed by atoms with Gasteiger partial charge < -0.3 is 0 Å². The fraction of sp³-hybridized carbons (Fsp3) is 0.462. The van der Waals surface area contributed by atoms with Crippen LogP contribution in [0.1, 0.15) is 27.7 Å². The highest BCUT2D eigenvalue weighted by Crippen LogP contribution is 2.19. The van der Waals surface area contributed by atoms with Crippen molar-refractivity contribution in [3.8, 4) is 0 Å². The van der Waals surface area contributed by atoms with Crippen LogP contribution in [0.15, 0.2) is 24.3 Å². The molecule has 0 saturated heterocycles. The molecule has 0 aliphatic heterocycles. The van der Waals surface area contributed by atoms with Crippen molar-refractivity contribution in [1.29, 1.82) is 0 Å². The first kappa shape index (κ1) is 14.0. The Kier molecular flexibility index (Phi) is 4.54. The lowest BCUT2D eigenvalue weighted by Gasteiger charge is -2.22. The van der Waals surface area contributed by atoms with Gasteiger partial charge in [0.15, 0.2) is 5.78 Å². The second-order valence-electron chi connectivity index (χ2n) is 4.98. The van der Waals surface area contributed by atoms with E-state index < -0.39 is 11.5 Å². The first-order valence-electron chi connectivity index (χ1n) is 5.52. The van der Waals surface area contributed by atoms with E-state index in [-0.39, 0.29) is 5.78 Å². The van der Waals surface area contributed by atoms with E-state index in [0.717, 1.165) is 5.69 Å². The number of Topliss-reactive ketones (excluding diaryl/α,β-unsaturated/α-hetero) is 1. The highest BCUT2D eigenvalue weighted by Gasteiger charge is 2.27. The van der Waals surface area contributed by atoms with Crippen LogP contribution in [0.3, 0.4) is 0 Å². The van der Waals surface area contributed by atoms with E-state index in [9.17, 15) is 4.79 Å². The minimum absolute atomic E-state index is 0.0546. The fourth-order valence-corrected chi connectivity index (χ4v) is 1.46. The summed E-state index contributed by atoms with van der Waals surface area (Å²) in [5.41, 5.74) is 3.11. The van der Waals surface area contributed by atoms with Gasteiger partial charge in [-0.1, -0.05) is 32.4 Å². The molecule has 0 spiro atoms. The molecule has 0 fully saturated rings. The number of benzene rings is 1. The summed E-state index contributed by atoms with van der Waals surface area (Å²) in [6.07, 6.45) is -0.495. The number of carbonyl (C=O) groups is 1. The average Bonchev–Trinajstić information content (AvgIpc) is 2.25. The van der Waals surface area contributed by atoms with E-state index in [1.807, 2.05) is 20.8 Å². The van der Waals surface area contributed by atoms with Crippen molar-refractivity contribution in [1.82, 2.24) is 0 Å². The molecule has 1 unspecified atom stereocenters. The normalized spacial score (nSPS) is 13.2. The maximum atomic E-state index is 11.9. The number of anilines is 1. The lowest BCUT2D eigenvalue weighted by molar-refractivity contribution is -0.135. The first-order valence-corrected chi connectivity index (χ1v) is 5.90. The highest BCUT2D eigenvalue weighted by molar-refractivity contribution is 6.30. The second-order valence-corrected chi connectivity index (χ2v) is 5.42. The lowest BCUT2D eigenvalue weighted by Crippen LogP contribution is -2.33. The summed E-state index contributed by atoms with van der Waals surface area (Å²) < 4.78 is 0. The Morgan fingerprint density at radius 2 is 1.82 bits per heavy atom. The number of carbonyl (C=O) groups excluding carboxylic acids is 1. The fourth-order valence-electron chi connectivity index (χ4n) is 1.34. The van der Waals surface area contributed by atoms with Gasteiger partial charge in [0.2, 0.25) is 0 Å². The SMILES string of the molecule is CC(ONc1ccc(Cl)cc1)C(=O)C(C)(C)C. The number of nitrogens with one attached hydrogen (secondary N) is 1. The van der Waals surface area contributed by atoms with Crippen LogP contribution in [0.2, 0.25) is 5.02 Å². The molecule has 94 valence electrons. The largest absolute Gasteiger partial charge is 0.296 e. The van der Waals surface area contributed by atoms with Crippen molar-refractivity contribution in [2.45, 2.75) is 33.8 Å². The molecule has 1 aromatic carbocycles. The molecule has 0 heterocycles. The maximum absolute atomic E-state index is 11.9. The molecule has 4 heteroatoms. The molecule has 0 aliphatic carbocycles. The van der Waals surface area contributed by atoms with Gasteiger partial charge in [0.05, 0.1) is 5.69 Å². The predicted molar refractivity (Wildman–Crippen MR) is 70.1 cm³/mol. The zero-order valence-electron chi connectivity index (χ0n) is 10.6. The molecule has 0 aromatic heterocycles. The van der Waals surface area contributed by atoms with Crippen molar-refractivity contribution >= 4 is 23.1 Å². The van der Waals surface area contributed by atoms with Crippen LogP contribution < -0.4 is 5.48 Å². The molecular formula is C13H18ClNO2. The monoisotopic (exact) mass is 255 g/mol. The zero-order valence-corrected chi connectivity index (χ0v) is 11.3. The summed E-state index contributed by atoms with van der Waals surface area (Å²) in [7, 11) is 0. The van der Waals surface area contributed by atoms with Gasteiger partial charge in [0.1, 0.15) is 6.10 Å². The minimum Gasteiger partial charge on any atom is -0.296 e. The van der Waals surface area contributed by atoms with E-state index in [4.69, 9.17) is 16.4 Å². The number of ketones is 1. The summed E-state index contributed by atoms with van der Waals surface area (Å²) in [6.45, 7) is 7.35. The van der Waals surface area contributed by atoms with Crippen LogP contribution in [0.25, 0.3) is 0 Å². The van der Waals surface area contributed by atoms with E-state index in [0.29, 0.717) is 5.02 Å². The molecule has 0 saturated carbocycles. The minimum atomic E-state index is -0.495. The number of halogens is 1. The highest BCUT2D eigenvalue weighted by atomic mass is 35.5. The van der Waals surface area contributed by atoms with Crippen molar-refractivity contribution in [2.24, 2.45) is 5.41 Å². The van der Waals surface area contributed by atoms with E-state index in [2.05, 4.69) is 5.48 Å². The molecular weight excluding hydrogens is 238 g/mol. The molecule has 3 nitrogen and oxygen atoms in total. The van der Waals surface area contributed by atoms with Crippen LogP contribution in [-0.4, -0.2) is 11.9 Å². The van der Waals surface area contributed by atoms with Crippen molar-refractivity contribution in [3.05, 3.63) is 29.3 Å². The number of hydrogen-bond acceptors (Lipinski definition) is 3. The molecule has 0 aliphatic rings. The Morgan fingerprint density at radius 3 is 2.29 bits per heavy atom. The Balaban J connectivity index is 2.51. The maximum Gasteiger partial charge on any atom is 0.169 e. The van der Waals surface area contributed by atoms with Crippen LogP contribution in [-0.2, 0) is 9.63 Å². The Bertz CT molecular complexity index is 381. The van der Waals surface area contributed by atoms with E-state index >= 15 is 0 Å². The van der Waals surface area contributed by atoms with Gasteiger partial charge in [-0.3, -0.25) is 15.1 Å². The molecule has 0 bridgehead atoms. The molecule has 1 N–H and O–H groups in total. The van der Waals surface area contributed by atoms with Crippen molar-refractivity contribution in [2.75, 3.05) is 5.48 Å². The first-order chi connectivity index (χ1) is 7.80. The van der Waals surface area contributed by atoms with Gasteiger partial charge >= 0.3 is 0 Å². The molecule has 1 aromatic rings. The third kappa shape index (κ3) is 4.36. The van der Waals surface area contributed by atoms with Gasteiger partial charge in [-0.15, -0.1) is 0 Å². The third-order valence-corrected chi connectivity index (χ3v) is 2.56. The average molecular weight is 256 g/mol. The quantitative estimate of drug-likeness (QED) is 0.834. The summed E-state index contributed by atoms with van der Waals surface area (Å²) in [5.74, 6) is 0.0546. The van der Waals surface area contributed by atoms with Gasteiger partial charge in [-0.05, 0) is 31.2 Å². The predicted octanol–water partition coefficient (Wildman–Crippen LogP) is 3.69. The van der Waals surface area contributed by atoms with Crippen molar-refractivity contribution in [3.63, 3.8) is 0 Å². The van der Waals surface area contributed by atoms with Gasteiger partial charge in [0.25, 0.3) is 0 Å². The Labute approximate surface area is 107 Å². The molecule has 0 radical (unpaired) electrons. The lowest BCUT2D eigenvalue weighted by atomic mass is 9.88. The third-order valence-electron chi connectivity index (χ3n) is 2.31. The summed E-state index contributed by atoms with van der Waals surface area (Å²) in [4.78, 5) is 17.2. The smallest absolute Gasteiger partial charge is 0.169 e. The summed E-state index contributed by atoms with van der Waals surface area (Å²) in [5, 5.41) is 0.661. The van der Waals surface area contributed by atoms with Crippen LogP contribution in [0.4, 0.5) is 5.69 Å². The molecule has 0 amide bonds. The van der Waals surface area contributed by atoms with Crippen LogP contribution in [0.5, 0.6) is 0 Å². The number of rotatable bonds is 4. The van der Waals surface area contributed by atoms with Crippen molar-refractivity contribution < 1.29 is 9.63 Å². The molecule has 1 rings (SSSR count). The van der Waals surface area contributed by atoms with Crippen LogP contribution in [0, 0.1) is 5.41 Å². The Morgan fingerprint density at radius 1 is 1.29 bits per heavy atom. The van der Waals surface area contributed by atoms with E-state index in [1.54, 1.807) is 31.2 Å².